The van der Waals surface area contributed by atoms with Crippen LogP contribution >= 0.6 is 0 Å². The van der Waals surface area contributed by atoms with Crippen LogP contribution in [0.15, 0.2) is 18.2 Å². The Morgan fingerprint density at radius 3 is 2.29 bits per heavy atom. The zero-order valence-corrected chi connectivity index (χ0v) is 27.9. The van der Waals surface area contributed by atoms with Gasteiger partial charge in [0.05, 0.1) is 7.11 Å². The van der Waals surface area contributed by atoms with Gasteiger partial charge in [-0.05, 0) is 0 Å². The Labute approximate surface area is 237 Å². The number of carbonyl (C=O) groups is 2. The van der Waals surface area contributed by atoms with Crippen LogP contribution in [0.4, 0.5) is 0 Å². The predicted molar refractivity (Wildman–Crippen MR) is 161 cm³/mol. The van der Waals surface area contributed by atoms with Gasteiger partial charge in [-0.1, -0.05) is 0 Å². The van der Waals surface area contributed by atoms with E-state index in [1.54, 1.807) is 11.1 Å². The number of Topliss-reactive ketones (excluding diaryl/α,β-unsaturated/α-hetero) is 1. The second kappa shape index (κ2) is 13.2. The Kier molecular flexibility index (Phi) is 10.5. The molecule has 4 rings (SSSR count). The molecule has 3 aliphatic rings. The van der Waals surface area contributed by atoms with E-state index in [2.05, 4.69) is 45.9 Å². The van der Waals surface area contributed by atoms with Crippen LogP contribution in [0.1, 0.15) is 122 Å². The average Bonchev–Trinajstić information content (AvgIpc) is 3.20. The number of ether oxygens (including phenoxy) is 1. The number of hydrogen-bond donors (Lipinski definition) is 0. The summed E-state index contributed by atoms with van der Waals surface area (Å²) in [7, 11) is 1.47. The van der Waals surface area contributed by atoms with E-state index < -0.39 is 18.4 Å². The summed E-state index contributed by atoms with van der Waals surface area (Å²) in [5.74, 6) is 2.24. The molecule has 0 spiro atoms. The molecule has 38 heavy (non-hydrogen) atoms. The average molecular weight is 630 g/mol. The van der Waals surface area contributed by atoms with Crippen LogP contribution in [-0.2, 0) is 20.7 Å². The summed E-state index contributed by atoms with van der Waals surface area (Å²) in [5.41, 5.74) is 3.07. The van der Waals surface area contributed by atoms with E-state index in [1.165, 1.54) is 71.8 Å². The van der Waals surface area contributed by atoms with Crippen LogP contribution in [0, 0.1) is 23.2 Å². The standard InChI is InChI=1S/C22H27O3.3C4H9.Sn/c1-22-12-11-17-16-6-4-3-5-14(16)7-9-18(17)21(22)15(13-19(22)23)8-10-20(24)25-2;3*1-3-4-2;/h4-6,15,17-18,21H,7-13H2,1-2H3;3*1,3-4H2,2H3;/t15?,17?,18?,21?,22-;;;;/m1..../s1. The SMILES string of the molecule is CCC[CH2][Sn]([CH2]CCC)([CH2]CCC)[c]1ccc2c(c1)CCC1C2CC[C@]2(C)C(=O)CC(CCC(=O)OC)C12. The number of benzene rings is 1. The monoisotopic (exact) mass is 630 g/mol. The van der Waals surface area contributed by atoms with Crippen molar-refractivity contribution in [1.82, 2.24) is 0 Å². The van der Waals surface area contributed by atoms with Gasteiger partial charge >= 0.3 is 231 Å². The number of methoxy groups -OCH3 is 1. The first-order chi connectivity index (χ1) is 18.3. The van der Waals surface area contributed by atoms with Gasteiger partial charge in [0.15, 0.2) is 0 Å². The van der Waals surface area contributed by atoms with E-state index in [0.717, 1.165) is 19.3 Å². The Bertz CT molecular complexity index is 949. The Hall–Kier alpha value is -0.841. The molecule has 0 aromatic heterocycles. The summed E-state index contributed by atoms with van der Waals surface area (Å²) in [5, 5.41) is 0. The number of ketones is 1. The zero-order valence-electron chi connectivity index (χ0n) is 25.1. The molecule has 4 heteroatoms. The quantitative estimate of drug-likeness (QED) is 0.163. The van der Waals surface area contributed by atoms with E-state index in [9.17, 15) is 9.59 Å². The van der Waals surface area contributed by atoms with E-state index in [4.69, 9.17) is 4.74 Å². The molecule has 3 nitrogen and oxygen atoms in total. The molecular formula is C34H54O3Sn. The molecule has 2 fully saturated rings. The minimum absolute atomic E-state index is 0.135. The van der Waals surface area contributed by atoms with Crippen molar-refractivity contribution < 1.29 is 14.3 Å². The van der Waals surface area contributed by atoms with Gasteiger partial charge in [-0.2, -0.15) is 0 Å². The molecule has 5 atom stereocenters. The maximum atomic E-state index is 13.3. The van der Waals surface area contributed by atoms with Gasteiger partial charge in [-0.25, -0.2) is 0 Å². The molecular weight excluding hydrogens is 575 g/mol. The Balaban J connectivity index is 1.62. The number of aryl methyl sites for hydroxylation is 1. The second-order valence-corrected chi connectivity index (χ2v) is 26.5. The molecule has 1 aromatic rings. The molecule has 0 bridgehead atoms. The molecule has 4 unspecified atom stereocenters. The van der Waals surface area contributed by atoms with Crippen molar-refractivity contribution in [3.63, 3.8) is 0 Å². The normalized spacial score (nSPS) is 28.5. The fraction of sp³-hybridized carbons (Fsp3) is 0.765. The van der Waals surface area contributed by atoms with E-state index in [-0.39, 0.29) is 11.4 Å². The van der Waals surface area contributed by atoms with Crippen LogP contribution < -0.4 is 3.58 Å². The van der Waals surface area contributed by atoms with Gasteiger partial charge in [0, 0.05) is 0 Å². The zero-order chi connectivity index (χ0) is 27.3. The summed E-state index contributed by atoms with van der Waals surface area (Å²) < 4.78 is 11.3. The number of fused-ring (bicyclic) bond motifs is 5. The molecule has 0 amide bonds. The van der Waals surface area contributed by atoms with Gasteiger partial charge in [0.2, 0.25) is 0 Å². The van der Waals surface area contributed by atoms with Gasteiger partial charge in [0.1, 0.15) is 0 Å². The molecule has 0 saturated heterocycles. The summed E-state index contributed by atoms with van der Waals surface area (Å²) >= 11 is -2.44. The van der Waals surface area contributed by atoms with E-state index in [1.807, 2.05) is 3.58 Å². The fourth-order valence-corrected chi connectivity index (χ4v) is 25.0. The van der Waals surface area contributed by atoms with Crippen LogP contribution in [0.5, 0.6) is 0 Å². The summed E-state index contributed by atoms with van der Waals surface area (Å²) in [4.78, 5) is 25.2. The second-order valence-electron chi connectivity index (χ2n) is 13.3. The molecule has 0 N–H and O–H groups in total. The fourth-order valence-electron chi connectivity index (χ4n) is 9.00. The van der Waals surface area contributed by atoms with Crippen LogP contribution in [0.3, 0.4) is 0 Å². The van der Waals surface area contributed by atoms with Gasteiger partial charge in [-0.3, -0.25) is 0 Å². The maximum absolute atomic E-state index is 13.3. The third kappa shape index (κ3) is 5.93. The number of esters is 1. The van der Waals surface area contributed by atoms with Crippen molar-refractivity contribution in [3.05, 3.63) is 29.3 Å². The van der Waals surface area contributed by atoms with E-state index >= 15 is 0 Å². The third-order valence-corrected chi connectivity index (χ3v) is 26.8. The first-order valence-electron chi connectivity index (χ1n) is 16.1. The van der Waals surface area contributed by atoms with Crippen LogP contribution in [0.25, 0.3) is 0 Å². The molecule has 0 heterocycles. The number of rotatable bonds is 13. The van der Waals surface area contributed by atoms with Crippen LogP contribution in [0.2, 0.25) is 13.3 Å². The van der Waals surface area contributed by atoms with Gasteiger partial charge in [-0.15, -0.1) is 0 Å². The first-order valence-corrected chi connectivity index (χ1v) is 23.5. The molecule has 212 valence electrons. The van der Waals surface area contributed by atoms with Crippen molar-refractivity contribution >= 4 is 33.7 Å². The van der Waals surface area contributed by atoms with Gasteiger partial charge in [0.25, 0.3) is 0 Å². The third-order valence-electron chi connectivity index (χ3n) is 11.2. The van der Waals surface area contributed by atoms with Crippen molar-refractivity contribution in [2.24, 2.45) is 23.2 Å². The minimum atomic E-state index is -2.44. The topological polar surface area (TPSA) is 43.4 Å². The number of hydrogen-bond acceptors (Lipinski definition) is 3. The number of carbonyl (C=O) groups excluding carboxylic acids is 2. The van der Waals surface area contributed by atoms with Gasteiger partial charge < -0.3 is 0 Å². The summed E-state index contributed by atoms with van der Waals surface area (Å²) in [6.45, 7) is 9.36. The van der Waals surface area contributed by atoms with Crippen molar-refractivity contribution in [2.45, 2.75) is 130 Å². The van der Waals surface area contributed by atoms with Crippen molar-refractivity contribution in [1.29, 1.82) is 0 Å². The summed E-state index contributed by atoms with van der Waals surface area (Å²) in [6, 6.07) is 7.91. The number of unbranched alkanes of at least 4 members (excludes halogenated alkanes) is 3. The van der Waals surface area contributed by atoms with Crippen LogP contribution in [-0.4, -0.2) is 37.2 Å². The molecule has 2 saturated carbocycles. The Morgan fingerprint density at radius 2 is 1.68 bits per heavy atom. The molecule has 0 aliphatic heterocycles. The summed E-state index contributed by atoms with van der Waals surface area (Å²) in [6.07, 6.45) is 14.7. The van der Waals surface area contributed by atoms with Crippen molar-refractivity contribution in [3.8, 4) is 0 Å². The Morgan fingerprint density at radius 1 is 1.03 bits per heavy atom. The molecule has 3 aliphatic carbocycles. The predicted octanol–water partition coefficient (Wildman–Crippen LogP) is 8.35. The molecule has 0 radical (unpaired) electrons. The molecule has 1 aromatic carbocycles. The van der Waals surface area contributed by atoms with Crippen molar-refractivity contribution in [2.75, 3.05) is 7.11 Å². The first kappa shape index (κ1) is 30.1. The van der Waals surface area contributed by atoms with E-state index in [0.29, 0.717) is 42.3 Å².